The maximum atomic E-state index is 11.0. The van der Waals surface area contributed by atoms with Crippen molar-refractivity contribution in [3.63, 3.8) is 0 Å². The smallest absolute Gasteiger partial charge is 0.354 e. The van der Waals surface area contributed by atoms with Gasteiger partial charge in [-0.2, -0.15) is 0 Å². The molecule has 0 aromatic carbocycles. The maximum absolute atomic E-state index is 11.0. The zero-order valence-corrected chi connectivity index (χ0v) is 10.1. The molecule has 7 nitrogen and oxygen atoms in total. The predicted octanol–water partition coefficient (Wildman–Crippen LogP) is 1.07. The average Bonchev–Trinajstić information content (AvgIpc) is 2.89. The van der Waals surface area contributed by atoms with Gasteiger partial charge in [0.2, 0.25) is 0 Å². The summed E-state index contributed by atoms with van der Waals surface area (Å²) in [5.74, 6) is 0.196. The van der Waals surface area contributed by atoms with E-state index in [1.54, 1.807) is 24.7 Å². The van der Waals surface area contributed by atoms with E-state index in [1.807, 2.05) is 0 Å². The van der Waals surface area contributed by atoms with Crippen molar-refractivity contribution in [2.45, 2.75) is 20.1 Å². The van der Waals surface area contributed by atoms with Crippen LogP contribution in [0.1, 0.15) is 27.8 Å². The van der Waals surface area contributed by atoms with Gasteiger partial charge in [-0.05, 0) is 6.92 Å². The van der Waals surface area contributed by atoms with E-state index in [2.05, 4.69) is 10.1 Å². The molecule has 0 saturated carbocycles. The Bertz CT molecular complexity index is 558. The number of aromatic carboxylic acids is 1. The SMILES string of the molecule is COCc1cc(Cn2c(C(=O)O)cnc2C)no1. The van der Waals surface area contributed by atoms with Gasteiger partial charge in [0.15, 0.2) is 5.76 Å². The standard InChI is InChI=1S/C11H13N3O4/c1-7-12-4-10(11(15)16)14(7)5-8-3-9(6-17-2)18-13-8/h3-4H,5-6H2,1-2H3,(H,15,16). The molecule has 2 aromatic rings. The lowest BCUT2D eigenvalue weighted by molar-refractivity contribution is 0.0685. The second kappa shape index (κ2) is 5.01. The van der Waals surface area contributed by atoms with E-state index in [-0.39, 0.29) is 5.69 Å². The highest BCUT2D eigenvalue weighted by Crippen LogP contribution is 2.11. The van der Waals surface area contributed by atoms with E-state index in [4.69, 9.17) is 14.4 Å². The Morgan fingerprint density at radius 1 is 1.61 bits per heavy atom. The second-order valence-corrected chi connectivity index (χ2v) is 3.80. The van der Waals surface area contributed by atoms with Crippen molar-refractivity contribution in [1.82, 2.24) is 14.7 Å². The molecule has 0 fully saturated rings. The van der Waals surface area contributed by atoms with Crippen molar-refractivity contribution in [3.8, 4) is 0 Å². The summed E-state index contributed by atoms with van der Waals surface area (Å²) in [4.78, 5) is 15.0. The lowest BCUT2D eigenvalue weighted by atomic mass is 10.3. The van der Waals surface area contributed by atoms with E-state index in [0.717, 1.165) is 0 Å². The first-order valence-electron chi connectivity index (χ1n) is 5.30. The molecule has 0 aliphatic heterocycles. The van der Waals surface area contributed by atoms with Crippen LogP contribution in [0.4, 0.5) is 0 Å². The predicted molar refractivity (Wildman–Crippen MR) is 60.2 cm³/mol. The van der Waals surface area contributed by atoms with Gasteiger partial charge in [-0.15, -0.1) is 0 Å². The normalized spacial score (nSPS) is 10.8. The van der Waals surface area contributed by atoms with Gasteiger partial charge in [-0.25, -0.2) is 9.78 Å². The molecule has 2 heterocycles. The van der Waals surface area contributed by atoms with Gasteiger partial charge < -0.3 is 18.9 Å². The molecule has 96 valence electrons. The molecule has 2 aromatic heterocycles. The zero-order valence-electron chi connectivity index (χ0n) is 10.1. The number of ether oxygens (including phenoxy) is 1. The average molecular weight is 251 g/mol. The summed E-state index contributed by atoms with van der Waals surface area (Å²) in [6.07, 6.45) is 1.33. The molecule has 0 bridgehead atoms. The van der Waals surface area contributed by atoms with E-state index in [0.29, 0.717) is 30.4 Å². The molecule has 0 saturated heterocycles. The number of aromatic nitrogens is 3. The van der Waals surface area contributed by atoms with Gasteiger partial charge in [0, 0.05) is 13.2 Å². The summed E-state index contributed by atoms with van der Waals surface area (Å²) < 4.78 is 11.5. The number of hydrogen-bond donors (Lipinski definition) is 1. The van der Waals surface area contributed by atoms with Gasteiger partial charge >= 0.3 is 5.97 Å². The van der Waals surface area contributed by atoms with E-state index in [9.17, 15) is 4.79 Å². The summed E-state index contributed by atoms with van der Waals surface area (Å²) >= 11 is 0. The van der Waals surface area contributed by atoms with Crippen LogP contribution in [-0.4, -0.2) is 32.9 Å². The van der Waals surface area contributed by atoms with Crippen LogP contribution in [0, 0.1) is 6.92 Å². The summed E-state index contributed by atoms with van der Waals surface area (Å²) in [7, 11) is 1.56. The Morgan fingerprint density at radius 2 is 2.39 bits per heavy atom. The van der Waals surface area contributed by atoms with Crippen LogP contribution in [0.15, 0.2) is 16.8 Å². The van der Waals surface area contributed by atoms with Gasteiger partial charge in [0.05, 0.1) is 12.7 Å². The fourth-order valence-corrected chi connectivity index (χ4v) is 1.64. The molecule has 2 rings (SSSR count). The minimum absolute atomic E-state index is 0.129. The number of hydrogen-bond acceptors (Lipinski definition) is 5. The molecule has 18 heavy (non-hydrogen) atoms. The van der Waals surface area contributed by atoms with Crippen LogP contribution in [0.3, 0.4) is 0 Å². The monoisotopic (exact) mass is 251 g/mol. The molecule has 0 radical (unpaired) electrons. The number of aryl methyl sites for hydroxylation is 1. The fraction of sp³-hybridized carbons (Fsp3) is 0.364. The third-order valence-corrected chi connectivity index (χ3v) is 2.49. The first-order chi connectivity index (χ1) is 8.61. The molecule has 0 aliphatic carbocycles. The minimum atomic E-state index is -1.02. The molecule has 1 N–H and O–H groups in total. The van der Waals surface area contributed by atoms with Crippen LogP contribution < -0.4 is 0 Å². The molecular formula is C11H13N3O4. The van der Waals surface area contributed by atoms with Crippen molar-refractivity contribution >= 4 is 5.97 Å². The van der Waals surface area contributed by atoms with E-state index in [1.165, 1.54) is 6.20 Å². The van der Waals surface area contributed by atoms with Gasteiger partial charge in [0.1, 0.15) is 23.8 Å². The van der Waals surface area contributed by atoms with Crippen LogP contribution in [0.25, 0.3) is 0 Å². The third kappa shape index (κ3) is 2.40. The summed E-state index contributed by atoms with van der Waals surface area (Å²) in [5, 5.41) is 12.9. The number of nitrogens with zero attached hydrogens (tertiary/aromatic N) is 3. The molecule has 0 amide bonds. The molecule has 0 spiro atoms. The first kappa shape index (κ1) is 12.3. The zero-order chi connectivity index (χ0) is 13.1. The van der Waals surface area contributed by atoms with Crippen LogP contribution in [-0.2, 0) is 17.9 Å². The van der Waals surface area contributed by atoms with Crippen LogP contribution in [0.5, 0.6) is 0 Å². The minimum Gasteiger partial charge on any atom is -0.477 e. The number of carbonyl (C=O) groups is 1. The quantitative estimate of drug-likeness (QED) is 0.854. The number of imidazole rings is 1. The third-order valence-electron chi connectivity index (χ3n) is 2.49. The highest BCUT2D eigenvalue weighted by atomic mass is 16.5. The highest BCUT2D eigenvalue weighted by molar-refractivity contribution is 5.85. The first-order valence-corrected chi connectivity index (χ1v) is 5.30. The maximum Gasteiger partial charge on any atom is 0.354 e. The topological polar surface area (TPSA) is 90.4 Å². The molecule has 0 aliphatic rings. The Hall–Kier alpha value is -2.15. The molecule has 0 atom stereocenters. The Labute approximate surface area is 103 Å². The number of carboxylic acid groups (broad SMARTS) is 1. The van der Waals surface area contributed by atoms with Crippen LogP contribution >= 0.6 is 0 Å². The largest absolute Gasteiger partial charge is 0.477 e. The fourth-order valence-electron chi connectivity index (χ4n) is 1.64. The highest BCUT2D eigenvalue weighted by Gasteiger charge is 2.15. The second-order valence-electron chi connectivity index (χ2n) is 3.80. The number of rotatable bonds is 5. The van der Waals surface area contributed by atoms with Crippen molar-refractivity contribution in [2.75, 3.05) is 7.11 Å². The molecule has 0 unspecified atom stereocenters. The van der Waals surface area contributed by atoms with Crippen molar-refractivity contribution < 1.29 is 19.2 Å². The lowest BCUT2D eigenvalue weighted by Crippen LogP contribution is -2.11. The van der Waals surface area contributed by atoms with Crippen molar-refractivity contribution in [3.05, 3.63) is 35.2 Å². The molecule has 7 heteroatoms. The summed E-state index contributed by atoms with van der Waals surface area (Å²) in [5.41, 5.74) is 0.759. The number of carboxylic acids is 1. The Balaban J connectivity index is 2.22. The Kier molecular flexibility index (Phi) is 3.42. The van der Waals surface area contributed by atoms with Crippen molar-refractivity contribution in [1.29, 1.82) is 0 Å². The van der Waals surface area contributed by atoms with Gasteiger partial charge in [-0.1, -0.05) is 5.16 Å². The Morgan fingerprint density at radius 3 is 3.06 bits per heavy atom. The lowest BCUT2D eigenvalue weighted by Gasteiger charge is -2.04. The summed E-state index contributed by atoms with van der Waals surface area (Å²) in [6, 6.07) is 1.73. The van der Waals surface area contributed by atoms with Crippen LogP contribution in [0.2, 0.25) is 0 Å². The van der Waals surface area contributed by atoms with E-state index < -0.39 is 5.97 Å². The van der Waals surface area contributed by atoms with Gasteiger partial charge in [0.25, 0.3) is 0 Å². The van der Waals surface area contributed by atoms with Gasteiger partial charge in [-0.3, -0.25) is 0 Å². The summed E-state index contributed by atoms with van der Waals surface area (Å²) in [6.45, 7) is 2.38. The number of methoxy groups -OCH3 is 1. The molecular weight excluding hydrogens is 238 g/mol. The van der Waals surface area contributed by atoms with E-state index >= 15 is 0 Å². The van der Waals surface area contributed by atoms with Crippen molar-refractivity contribution in [2.24, 2.45) is 0 Å².